The molecule has 0 radical (unpaired) electrons. The highest BCUT2D eigenvalue weighted by Crippen LogP contribution is 2.32. The van der Waals surface area contributed by atoms with Gasteiger partial charge in [-0.15, -0.1) is 5.10 Å². The first-order valence-corrected chi connectivity index (χ1v) is 9.53. The molecule has 0 spiro atoms. The summed E-state index contributed by atoms with van der Waals surface area (Å²) in [5.41, 5.74) is 7.47. The molecule has 31 heavy (non-hydrogen) atoms. The number of hydrogen-bond acceptors (Lipinski definition) is 8. The average molecular weight is 417 g/mol. The lowest BCUT2D eigenvalue weighted by atomic mass is 9.91. The van der Waals surface area contributed by atoms with E-state index in [-0.39, 0.29) is 5.95 Å². The second kappa shape index (κ2) is 6.66. The van der Waals surface area contributed by atoms with E-state index in [0.717, 1.165) is 5.56 Å². The van der Waals surface area contributed by atoms with E-state index in [0.29, 0.717) is 33.8 Å². The molecule has 4 heterocycles. The van der Waals surface area contributed by atoms with E-state index in [2.05, 4.69) is 20.2 Å². The molecule has 2 N–H and O–H groups in total. The number of anilines is 1. The van der Waals surface area contributed by atoms with Crippen molar-refractivity contribution in [3.8, 4) is 11.6 Å². The van der Waals surface area contributed by atoms with E-state index >= 15 is 0 Å². The molecule has 10 nitrogen and oxygen atoms in total. The Hall–Kier alpha value is -4.21. The Morgan fingerprint density at radius 2 is 2.03 bits per heavy atom. The summed E-state index contributed by atoms with van der Waals surface area (Å²) in [5.74, 6) is 0.489. The lowest BCUT2D eigenvalue weighted by Gasteiger charge is -2.28. The predicted molar refractivity (Wildman–Crippen MR) is 112 cm³/mol. The lowest BCUT2D eigenvalue weighted by Crippen LogP contribution is -2.42. The van der Waals surface area contributed by atoms with E-state index in [9.17, 15) is 4.79 Å². The van der Waals surface area contributed by atoms with Gasteiger partial charge in [0.15, 0.2) is 22.6 Å². The van der Waals surface area contributed by atoms with Crippen LogP contribution in [0, 0.1) is 6.92 Å². The van der Waals surface area contributed by atoms with Crippen LogP contribution in [0.4, 0.5) is 5.95 Å². The molecular formula is C21H19N7O3. The van der Waals surface area contributed by atoms with Crippen LogP contribution in [-0.4, -0.2) is 42.4 Å². The number of ether oxygens (including phenoxy) is 1. The zero-order valence-corrected chi connectivity index (χ0v) is 17.1. The fraction of sp³-hybridized carbons (Fsp3) is 0.190. The van der Waals surface area contributed by atoms with Crippen LogP contribution in [0.2, 0.25) is 0 Å². The van der Waals surface area contributed by atoms with Gasteiger partial charge in [0.2, 0.25) is 11.8 Å². The van der Waals surface area contributed by atoms with Crippen molar-refractivity contribution in [1.29, 1.82) is 0 Å². The van der Waals surface area contributed by atoms with Crippen molar-refractivity contribution in [2.45, 2.75) is 19.4 Å². The summed E-state index contributed by atoms with van der Waals surface area (Å²) in [6.45, 7) is 3.69. The number of rotatable bonds is 4. The van der Waals surface area contributed by atoms with Gasteiger partial charge in [0, 0.05) is 0 Å². The van der Waals surface area contributed by atoms with Crippen molar-refractivity contribution in [1.82, 2.24) is 29.4 Å². The molecule has 0 aliphatic rings. The predicted octanol–water partition coefficient (Wildman–Crippen LogP) is 2.56. The summed E-state index contributed by atoms with van der Waals surface area (Å²) in [4.78, 5) is 22.1. The van der Waals surface area contributed by atoms with Crippen LogP contribution in [-0.2, 0) is 15.1 Å². The number of carbonyl (C=O) groups excluding carboxylic acids is 1. The van der Waals surface area contributed by atoms with Crippen molar-refractivity contribution in [2.24, 2.45) is 0 Å². The van der Waals surface area contributed by atoms with Gasteiger partial charge in [-0.1, -0.05) is 29.8 Å². The highest BCUT2D eigenvalue weighted by molar-refractivity contribution is 5.93. The Kier molecular flexibility index (Phi) is 4.04. The quantitative estimate of drug-likeness (QED) is 0.442. The number of nitrogen functional groups attached to an aromatic ring is 1. The molecule has 0 aliphatic carbocycles. The first-order chi connectivity index (χ1) is 14.9. The number of benzene rings is 1. The summed E-state index contributed by atoms with van der Waals surface area (Å²) in [6.07, 6.45) is 3.13. The monoisotopic (exact) mass is 417 g/mol. The maximum atomic E-state index is 13.0. The normalized spacial score (nSPS) is 13.5. The van der Waals surface area contributed by atoms with Gasteiger partial charge in [-0.3, -0.25) is 0 Å². The van der Waals surface area contributed by atoms with E-state index in [1.165, 1.54) is 16.3 Å². The molecular weight excluding hydrogens is 398 g/mol. The van der Waals surface area contributed by atoms with Gasteiger partial charge < -0.3 is 14.9 Å². The Morgan fingerprint density at radius 3 is 2.74 bits per heavy atom. The molecule has 1 aromatic carbocycles. The molecule has 0 bridgehead atoms. The molecule has 1 unspecified atom stereocenters. The summed E-state index contributed by atoms with van der Waals surface area (Å²) in [7, 11) is 1.34. The van der Waals surface area contributed by atoms with Crippen LogP contribution in [0.3, 0.4) is 0 Å². The maximum Gasteiger partial charge on any atom is 0.338 e. The lowest BCUT2D eigenvalue weighted by molar-refractivity contribution is -0.148. The van der Waals surface area contributed by atoms with Gasteiger partial charge in [0.25, 0.3) is 0 Å². The van der Waals surface area contributed by atoms with E-state index in [4.69, 9.17) is 14.9 Å². The van der Waals surface area contributed by atoms with Crippen molar-refractivity contribution in [2.75, 3.05) is 12.8 Å². The average Bonchev–Trinajstić information content (AvgIpc) is 3.51. The zero-order chi connectivity index (χ0) is 21.8. The number of aryl methyl sites for hydroxylation is 1. The van der Waals surface area contributed by atoms with Crippen molar-refractivity contribution < 1.29 is 13.9 Å². The molecule has 5 aromatic rings. The molecule has 0 fully saturated rings. The van der Waals surface area contributed by atoms with Crippen LogP contribution >= 0.6 is 0 Å². The van der Waals surface area contributed by atoms with Gasteiger partial charge in [-0.2, -0.15) is 14.6 Å². The topological polar surface area (TPSA) is 126 Å². The number of methoxy groups -OCH3 is 1. The molecule has 0 aliphatic heterocycles. The number of nitrogens with two attached hydrogens (primary N) is 1. The molecule has 0 amide bonds. The van der Waals surface area contributed by atoms with Gasteiger partial charge in [0.1, 0.15) is 0 Å². The fourth-order valence-electron chi connectivity index (χ4n) is 3.72. The third-order valence-corrected chi connectivity index (χ3v) is 5.36. The molecule has 10 heteroatoms. The second-order valence-corrected chi connectivity index (χ2v) is 7.35. The minimum absolute atomic E-state index is 0.103. The fourth-order valence-corrected chi connectivity index (χ4v) is 3.72. The van der Waals surface area contributed by atoms with Gasteiger partial charge in [-0.25, -0.2) is 14.5 Å². The number of furan rings is 1. The Balaban J connectivity index is 1.79. The largest absolute Gasteiger partial charge is 0.467 e. The number of aromatic nitrogens is 6. The van der Waals surface area contributed by atoms with Gasteiger partial charge in [0.05, 0.1) is 25.0 Å². The van der Waals surface area contributed by atoms with E-state index in [1.54, 1.807) is 31.5 Å². The Labute approximate surface area is 176 Å². The minimum atomic E-state index is -1.27. The van der Waals surface area contributed by atoms with Crippen LogP contribution in [0.5, 0.6) is 0 Å². The third kappa shape index (κ3) is 2.68. The minimum Gasteiger partial charge on any atom is -0.467 e. The summed E-state index contributed by atoms with van der Waals surface area (Å²) in [6, 6.07) is 11.1. The Bertz CT molecular complexity index is 1430. The zero-order valence-electron chi connectivity index (χ0n) is 17.1. The molecule has 0 saturated carbocycles. The molecule has 5 rings (SSSR count). The van der Waals surface area contributed by atoms with Crippen molar-refractivity contribution in [3.63, 3.8) is 0 Å². The van der Waals surface area contributed by atoms with Crippen LogP contribution in [0.15, 0.2) is 53.3 Å². The number of hydrogen-bond donors (Lipinski definition) is 1. The number of esters is 1. The second-order valence-electron chi connectivity index (χ2n) is 7.35. The number of fused-ring (bicyclic) bond motifs is 3. The summed E-state index contributed by atoms with van der Waals surface area (Å²) in [5, 5.41) is 9.48. The highest BCUT2D eigenvalue weighted by Gasteiger charge is 2.41. The third-order valence-electron chi connectivity index (χ3n) is 5.36. The SMILES string of the molecule is COC(=O)C(C)(c1cccc(C)c1)n1ncc2c1nc(N)n1nc(-c3ccco3)nc21. The van der Waals surface area contributed by atoms with E-state index < -0.39 is 11.5 Å². The van der Waals surface area contributed by atoms with E-state index in [1.807, 2.05) is 31.2 Å². The van der Waals surface area contributed by atoms with Crippen LogP contribution in [0.25, 0.3) is 28.3 Å². The first-order valence-electron chi connectivity index (χ1n) is 9.53. The summed E-state index contributed by atoms with van der Waals surface area (Å²) >= 11 is 0. The van der Waals surface area contributed by atoms with Crippen LogP contribution < -0.4 is 5.73 Å². The maximum absolute atomic E-state index is 13.0. The van der Waals surface area contributed by atoms with Gasteiger partial charge >= 0.3 is 5.97 Å². The molecule has 1 atom stereocenters. The molecule has 0 saturated heterocycles. The number of carbonyl (C=O) groups is 1. The van der Waals surface area contributed by atoms with Crippen LogP contribution in [0.1, 0.15) is 18.1 Å². The van der Waals surface area contributed by atoms with Crippen molar-refractivity contribution >= 4 is 28.6 Å². The van der Waals surface area contributed by atoms with Gasteiger partial charge in [-0.05, 0) is 31.5 Å². The molecule has 4 aromatic heterocycles. The number of nitrogens with zero attached hydrogens (tertiary/aromatic N) is 6. The molecule has 156 valence electrons. The standard InChI is InChI=1S/C21H19N7O3/c1-12-6-4-7-13(10-12)21(2,19(29)30-3)28-18-14(11-23-28)17-24-16(15-8-5-9-31-15)26-27(17)20(22)25-18/h4-11H,1-3H3,(H2,22,25). The smallest absolute Gasteiger partial charge is 0.338 e. The Morgan fingerprint density at radius 1 is 1.19 bits per heavy atom. The summed E-state index contributed by atoms with van der Waals surface area (Å²) < 4.78 is 13.5. The van der Waals surface area contributed by atoms with Crippen molar-refractivity contribution in [3.05, 3.63) is 60.0 Å². The first kappa shape index (κ1) is 18.8. The highest BCUT2D eigenvalue weighted by atomic mass is 16.5.